The van der Waals surface area contributed by atoms with E-state index in [4.69, 9.17) is 26.1 Å². The maximum atomic E-state index is 8.36. The van der Waals surface area contributed by atoms with Gasteiger partial charge in [-0.3, -0.25) is 0 Å². The van der Waals surface area contributed by atoms with E-state index < -0.39 is 5.09 Å². The van der Waals surface area contributed by atoms with Crippen LogP contribution in [0.4, 0.5) is 0 Å². The molecule has 0 fully saturated rings. The summed E-state index contributed by atoms with van der Waals surface area (Å²) < 4.78 is 0. The van der Waals surface area contributed by atoms with E-state index in [9.17, 15) is 0 Å². The summed E-state index contributed by atoms with van der Waals surface area (Å²) in [6, 6.07) is 0. The van der Waals surface area contributed by atoms with Crippen molar-refractivity contribution in [1.82, 2.24) is 0 Å². The number of isothiocyanates is 2. The average molecular weight is 304 g/mol. The van der Waals surface area contributed by atoms with Crippen LogP contribution in [0.25, 0.3) is 24.6 Å². The molecule has 11 N–H and O–H groups in total. The number of nitrogens with one attached hydrogen (secondary N) is 2. The van der Waals surface area contributed by atoms with Crippen LogP contribution in [0.1, 0.15) is 0 Å². The van der Waals surface area contributed by atoms with E-state index in [-0.39, 0.29) is 41.4 Å². The smallest absolute Gasteiger partial charge is 0.693 e. The average Bonchev–Trinajstić information content (AvgIpc) is 1.65. The van der Waals surface area contributed by atoms with Crippen molar-refractivity contribution in [2.45, 2.75) is 0 Å². The number of thiocarbonyl (C=S) groups is 2. The van der Waals surface area contributed by atoms with Gasteiger partial charge in [-0.1, -0.05) is 0 Å². The van der Waals surface area contributed by atoms with Crippen LogP contribution in [0, 0.1) is 20.9 Å². The molecule has 0 amide bonds. The van der Waals surface area contributed by atoms with Gasteiger partial charge in [-0.25, -0.2) is 10.8 Å². The van der Waals surface area contributed by atoms with Crippen molar-refractivity contribution in [3.8, 4) is 0 Å². The van der Waals surface area contributed by atoms with Gasteiger partial charge in [0.15, 0.2) is 0 Å². The van der Waals surface area contributed by atoms with Crippen molar-refractivity contribution in [2.75, 3.05) is 0 Å². The third-order valence-corrected chi connectivity index (χ3v) is 0. The van der Waals surface area contributed by atoms with Crippen molar-refractivity contribution < 1.29 is 27.1 Å². The van der Waals surface area contributed by atoms with Crippen LogP contribution < -0.4 is 0 Å². The first-order valence-corrected chi connectivity index (χ1v) is 2.29. The largest absolute Gasteiger partial charge is 3.00 e. The molecule has 0 unspecified atom stereocenters. The zero-order valence-electron chi connectivity index (χ0n) is 7.17. The van der Waals surface area contributed by atoms with Gasteiger partial charge in [0.05, 0.1) is 10.3 Å². The molecule has 0 aromatic heterocycles. The van der Waals surface area contributed by atoms with Crippen molar-refractivity contribution in [1.29, 1.82) is 10.8 Å². The summed E-state index contributed by atoms with van der Waals surface area (Å²) >= 11 is 7.62. The standard InChI is InChI=1S/2CHNS.Co.HNO3.4H2N/c2*2-1-3;;2-1(3)4;;;;/h2*2H;;(H,2,3,4);4*1H2/q;;+3;;4*-1. The van der Waals surface area contributed by atoms with E-state index in [1.807, 2.05) is 0 Å². The number of hydrogen-bond acceptors (Lipinski definition) is 6. The fraction of sp³-hybridized carbons (Fsp3) is 0. The molecule has 0 aliphatic heterocycles. The topological polar surface area (TPSA) is 245 Å². The Balaban J connectivity index is -0.00000000707. The number of rotatable bonds is 0. The molecule has 0 radical (unpaired) electrons. The number of nitrogens with zero attached hydrogens (tertiary/aromatic N) is 1. The molecule has 15 heavy (non-hydrogen) atoms. The summed E-state index contributed by atoms with van der Waals surface area (Å²) in [5.41, 5.74) is 0. The van der Waals surface area contributed by atoms with Gasteiger partial charge in [0.1, 0.15) is 0 Å². The Morgan fingerprint density at radius 1 is 1.07 bits per heavy atom. The summed E-state index contributed by atoms with van der Waals surface area (Å²) in [6.07, 6.45) is 0. The molecule has 0 rings (SSSR count). The predicted octanol–water partition coefficient (Wildman–Crippen LogP) is 3.85. The van der Waals surface area contributed by atoms with Crippen molar-refractivity contribution in [3.05, 3.63) is 34.7 Å². The number of hydrogen-bond donors (Lipinski definition) is 3. The van der Waals surface area contributed by atoms with E-state index in [1.165, 1.54) is 0 Å². The molecule has 0 saturated carbocycles. The third-order valence-electron chi connectivity index (χ3n) is 0. The van der Waals surface area contributed by atoms with E-state index in [0.29, 0.717) is 0 Å². The first kappa shape index (κ1) is 64.7. The van der Waals surface area contributed by atoms with Gasteiger partial charge in [-0.05, 0) is 24.4 Å². The van der Waals surface area contributed by atoms with Crippen LogP contribution in [-0.2, 0) is 16.8 Å². The summed E-state index contributed by atoms with van der Waals surface area (Å²) in [5.74, 6) is 0. The first-order chi connectivity index (χ1) is 4.56. The Morgan fingerprint density at radius 3 is 1.07 bits per heavy atom. The minimum Gasteiger partial charge on any atom is -0.693 e. The van der Waals surface area contributed by atoms with E-state index in [2.05, 4.69) is 24.4 Å². The van der Waals surface area contributed by atoms with E-state index in [1.54, 1.807) is 10.3 Å². The molecule has 0 heterocycles. The first-order valence-electron chi connectivity index (χ1n) is 1.47. The zero-order chi connectivity index (χ0) is 8.99. The Kier molecular flexibility index (Phi) is 487. The van der Waals surface area contributed by atoms with Gasteiger partial charge >= 0.3 is 16.8 Å². The molecule has 0 atom stereocenters. The Labute approximate surface area is 107 Å². The minimum atomic E-state index is -1.50. The molecule has 0 aromatic rings. The molecule has 13 heteroatoms. The molecule has 0 aliphatic carbocycles. The fourth-order valence-corrected chi connectivity index (χ4v) is 0. The zero-order valence-corrected chi connectivity index (χ0v) is 9.84. The van der Waals surface area contributed by atoms with Crippen molar-refractivity contribution in [3.63, 3.8) is 0 Å². The Hall–Kier alpha value is -0.854. The van der Waals surface area contributed by atoms with Crippen LogP contribution >= 0.6 is 24.4 Å². The van der Waals surface area contributed by atoms with Crippen LogP contribution in [0.2, 0.25) is 0 Å². The maximum Gasteiger partial charge on any atom is 3.00 e. The molecular weight excluding hydrogens is 293 g/mol. The maximum absolute atomic E-state index is 8.36. The van der Waals surface area contributed by atoms with E-state index in [0.717, 1.165) is 0 Å². The van der Waals surface area contributed by atoms with Gasteiger partial charge in [-0.2, -0.15) is 0 Å². The summed E-state index contributed by atoms with van der Waals surface area (Å²) in [5, 5.41) is 28.4. The molecular formula is C2H11CoN7O3S2-. The summed E-state index contributed by atoms with van der Waals surface area (Å²) in [6.45, 7) is 0. The Bertz CT molecular complexity index is 140. The van der Waals surface area contributed by atoms with Gasteiger partial charge in [0.2, 0.25) is 0 Å². The Morgan fingerprint density at radius 2 is 1.07 bits per heavy atom. The molecule has 0 aromatic carbocycles. The summed E-state index contributed by atoms with van der Waals surface area (Å²) in [7, 11) is 0. The SMILES string of the molecule is N=C=S.N=C=S.O=[N+]([O-])O.[Co+3].[NH2-].[NH2-].[NH2-].[NH2-]. The van der Waals surface area contributed by atoms with Gasteiger partial charge in [-0.15, -0.1) is 10.1 Å². The second-order valence-corrected chi connectivity index (χ2v) is 0.850. The van der Waals surface area contributed by atoms with Crippen LogP contribution in [-0.4, -0.2) is 20.6 Å². The molecule has 94 valence electrons. The number of nitrogens with two attached hydrogens (primary N) is 4. The molecule has 0 saturated heterocycles. The third kappa shape index (κ3) is 2240. The predicted molar refractivity (Wildman–Crippen MR) is 60.6 cm³/mol. The van der Waals surface area contributed by atoms with Gasteiger partial charge in [0, 0.05) is 0 Å². The second kappa shape index (κ2) is 113. The van der Waals surface area contributed by atoms with Crippen LogP contribution in [0.15, 0.2) is 0 Å². The van der Waals surface area contributed by atoms with Gasteiger partial charge < -0.3 is 29.8 Å². The summed E-state index contributed by atoms with van der Waals surface area (Å²) in [4.78, 5) is 8.36. The molecule has 0 bridgehead atoms. The van der Waals surface area contributed by atoms with Crippen molar-refractivity contribution >= 4 is 34.8 Å². The van der Waals surface area contributed by atoms with E-state index >= 15 is 0 Å². The van der Waals surface area contributed by atoms with Crippen LogP contribution in [0.3, 0.4) is 0 Å². The molecule has 0 spiro atoms. The van der Waals surface area contributed by atoms with Crippen molar-refractivity contribution in [2.24, 2.45) is 0 Å². The minimum absolute atomic E-state index is 0. The second-order valence-electron chi connectivity index (χ2n) is 0.442. The van der Waals surface area contributed by atoms with Gasteiger partial charge in [0.25, 0.3) is 5.09 Å². The normalized spacial score (nSPS) is 2.67. The fourth-order valence-electron chi connectivity index (χ4n) is 0. The van der Waals surface area contributed by atoms with Crippen LogP contribution in [0.5, 0.6) is 0 Å². The quantitative estimate of drug-likeness (QED) is 0.260. The molecule has 0 aliphatic rings. The monoisotopic (exact) mass is 304 g/mol. The molecule has 10 nitrogen and oxygen atoms in total.